The molecule has 4 rings (SSSR count). The molecule has 1 saturated heterocycles. The number of hydrogen-bond donors (Lipinski definition) is 2. The van der Waals surface area contributed by atoms with Crippen molar-refractivity contribution >= 4 is 34.3 Å². The van der Waals surface area contributed by atoms with Gasteiger partial charge in [0.25, 0.3) is 11.5 Å². The Bertz CT molecular complexity index is 1250. The topological polar surface area (TPSA) is 101 Å². The van der Waals surface area contributed by atoms with Crippen molar-refractivity contribution in [3.63, 3.8) is 0 Å². The molecular weight excluding hydrogens is 463 g/mol. The molecule has 1 aromatic carbocycles. The smallest absolute Gasteiger partial charge is 0.293 e. The Hall–Kier alpha value is -3.69. The third-order valence-corrected chi connectivity index (χ3v) is 5.79. The van der Waals surface area contributed by atoms with Crippen molar-refractivity contribution < 1.29 is 13.9 Å². The van der Waals surface area contributed by atoms with Gasteiger partial charge in [-0.3, -0.25) is 9.59 Å². The Morgan fingerprint density at radius 3 is 2.56 bits per heavy atom. The van der Waals surface area contributed by atoms with E-state index in [1.54, 1.807) is 28.8 Å². The van der Waals surface area contributed by atoms with Crippen LogP contribution in [0.2, 0.25) is 0 Å². The maximum absolute atomic E-state index is 14.5. The van der Waals surface area contributed by atoms with Crippen LogP contribution in [0.15, 0.2) is 35.3 Å². The SMILES string of the molecule is CC.CNC(=O)COc1cc2cc(Nc3nc(N4CCCCC4)ncc3F)ccc2n(C(C)C)c1=O. The van der Waals surface area contributed by atoms with E-state index < -0.39 is 5.82 Å². The molecule has 3 aromatic rings. The summed E-state index contributed by atoms with van der Waals surface area (Å²) >= 11 is 0. The lowest BCUT2D eigenvalue weighted by Crippen LogP contribution is -2.31. The van der Waals surface area contributed by atoms with E-state index in [2.05, 4.69) is 25.5 Å². The predicted molar refractivity (Wildman–Crippen MR) is 141 cm³/mol. The van der Waals surface area contributed by atoms with Gasteiger partial charge in [0, 0.05) is 37.3 Å². The van der Waals surface area contributed by atoms with Crippen molar-refractivity contribution in [3.05, 3.63) is 46.6 Å². The fourth-order valence-electron chi connectivity index (χ4n) is 4.06. The van der Waals surface area contributed by atoms with Crippen LogP contribution in [0.4, 0.5) is 21.8 Å². The summed E-state index contributed by atoms with van der Waals surface area (Å²) in [4.78, 5) is 35.2. The molecule has 0 aliphatic carbocycles. The summed E-state index contributed by atoms with van der Waals surface area (Å²) < 4.78 is 21.6. The number of fused-ring (bicyclic) bond motifs is 1. The maximum atomic E-state index is 14.5. The first kappa shape index (κ1) is 26.9. The zero-order chi connectivity index (χ0) is 26.2. The summed E-state index contributed by atoms with van der Waals surface area (Å²) in [7, 11) is 1.50. The molecule has 10 heteroatoms. The largest absolute Gasteiger partial charge is 0.478 e. The van der Waals surface area contributed by atoms with Crippen LogP contribution in [0.25, 0.3) is 10.9 Å². The molecule has 2 aromatic heterocycles. The predicted octanol–water partition coefficient (Wildman–Crippen LogP) is 4.40. The molecule has 1 aliphatic rings. The molecule has 1 aliphatic heterocycles. The Balaban J connectivity index is 0.00000176. The lowest BCUT2D eigenvalue weighted by atomic mass is 10.1. The highest BCUT2D eigenvalue weighted by Crippen LogP contribution is 2.27. The zero-order valence-electron chi connectivity index (χ0n) is 21.6. The highest BCUT2D eigenvalue weighted by Gasteiger charge is 2.17. The highest BCUT2D eigenvalue weighted by atomic mass is 19.1. The van der Waals surface area contributed by atoms with E-state index in [9.17, 15) is 14.0 Å². The van der Waals surface area contributed by atoms with Gasteiger partial charge in [-0.25, -0.2) is 9.37 Å². The minimum Gasteiger partial charge on any atom is -0.478 e. The molecule has 0 atom stereocenters. The minimum absolute atomic E-state index is 0.0718. The van der Waals surface area contributed by atoms with Gasteiger partial charge in [-0.05, 0) is 57.4 Å². The molecule has 3 heterocycles. The highest BCUT2D eigenvalue weighted by molar-refractivity contribution is 5.85. The molecule has 1 amide bonds. The zero-order valence-corrected chi connectivity index (χ0v) is 21.6. The van der Waals surface area contributed by atoms with E-state index in [4.69, 9.17) is 4.74 Å². The second kappa shape index (κ2) is 12.3. The number of anilines is 3. The Labute approximate surface area is 210 Å². The number of hydrogen-bond acceptors (Lipinski definition) is 7. The number of nitrogens with one attached hydrogen (secondary N) is 2. The third-order valence-electron chi connectivity index (χ3n) is 5.79. The number of nitrogens with zero attached hydrogens (tertiary/aromatic N) is 4. The van der Waals surface area contributed by atoms with Gasteiger partial charge >= 0.3 is 0 Å². The quantitative estimate of drug-likeness (QED) is 0.498. The molecule has 0 unspecified atom stereocenters. The van der Waals surface area contributed by atoms with Crippen LogP contribution in [-0.4, -0.2) is 47.2 Å². The summed E-state index contributed by atoms with van der Waals surface area (Å²) in [5.74, 6) is -0.231. The number of halogens is 1. The van der Waals surface area contributed by atoms with Gasteiger partial charge in [0.15, 0.2) is 24.0 Å². The van der Waals surface area contributed by atoms with Crippen LogP contribution >= 0.6 is 0 Å². The van der Waals surface area contributed by atoms with Gasteiger partial charge in [0.05, 0.1) is 11.7 Å². The van der Waals surface area contributed by atoms with Crippen molar-refractivity contribution in [2.45, 2.75) is 53.0 Å². The van der Waals surface area contributed by atoms with Gasteiger partial charge in [0.1, 0.15) is 0 Å². The fourth-order valence-corrected chi connectivity index (χ4v) is 4.06. The number of ether oxygens (including phenoxy) is 1. The molecular formula is C26H35FN6O3. The average molecular weight is 499 g/mol. The van der Waals surface area contributed by atoms with E-state index in [-0.39, 0.29) is 35.7 Å². The standard InChI is InChI=1S/C24H29FN6O3.C2H6/c1-15(2)31-19-8-7-17(11-16(19)12-20(23(31)33)34-14-21(32)26-3)28-22-18(25)13-27-24(29-22)30-9-5-4-6-10-30;1-2/h7-8,11-13,15H,4-6,9-10,14H2,1-3H3,(H,26,32)(H,27,28,29);1-2H3. The molecule has 0 radical (unpaired) electrons. The van der Waals surface area contributed by atoms with E-state index in [1.165, 1.54) is 19.7 Å². The first-order valence-electron chi connectivity index (χ1n) is 12.4. The van der Waals surface area contributed by atoms with Crippen molar-refractivity contribution in [1.82, 2.24) is 19.9 Å². The van der Waals surface area contributed by atoms with Crippen molar-refractivity contribution in [2.24, 2.45) is 0 Å². The average Bonchev–Trinajstić information content (AvgIpc) is 2.90. The summed E-state index contributed by atoms with van der Waals surface area (Å²) in [5.41, 5.74) is 0.982. The van der Waals surface area contributed by atoms with Gasteiger partial charge in [-0.2, -0.15) is 4.98 Å². The van der Waals surface area contributed by atoms with Gasteiger partial charge < -0.3 is 24.8 Å². The van der Waals surface area contributed by atoms with Crippen molar-refractivity contribution in [3.8, 4) is 5.75 Å². The first-order valence-corrected chi connectivity index (χ1v) is 12.4. The Morgan fingerprint density at radius 1 is 1.17 bits per heavy atom. The first-order chi connectivity index (χ1) is 17.4. The number of rotatable bonds is 7. The van der Waals surface area contributed by atoms with Crippen LogP contribution in [0.5, 0.6) is 5.75 Å². The lowest BCUT2D eigenvalue weighted by Gasteiger charge is -2.26. The Kier molecular flexibility index (Phi) is 9.21. The van der Waals surface area contributed by atoms with Gasteiger partial charge in [0.2, 0.25) is 5.95 Å². The minimum atomic E-state index is -0.553. The maximum Gasteiger partial charge on any atom is 0.293 e. The summed E-state index contributed by atoms with van der Waals surface area (Å²) in [6.07, 6.45) is 4.49. The second-order valence-corrected chi connectivity index (χ2v) is 8.55. The number of carbonyl (C=O) groups excluding carboxylic acids is 1. The van der Waals surface area contributed by atoms with E-state index >= 15 is 0 Å². The molecule has 194 valence electrons. The Morgan fingerprint density at radius 2 is 1.89 bits per heavy atom. The third kappa shape index (κ3) is 6.10. The number of benzene rings is 1. The second-order valence-electron chi connectivity index (χ2n) is 8.55. The number of likely N-dealkylation sites (N-methyl/N-ethyl adjacent to an activating group) is 1. The lowest BCUT2D eigenvalue weighted by molar-refractivity contribution is -0.122. The molecule has 2 N–H and O–H groups in total. The summed E-state index contributed by atoms with van der Waals surface area (Å²) in [6.45, 7) is 9.24. The van der Waals surface area contributed by atoms with E-state index in [0.717, 1.165) is 25.9 Å². The van der Waals surface area contributed by atoms with Crippen LogP contribution in [0.3, 0.4) is 0 Å². The van der Waals surface area contributed by atoms with Crippen LogP contribution < -0.4 is 25.8 Å². The number of amides is 1. The van der Waals surface area contributed by atoms with Gasteiger partial charge in [-0.15, -0.1) is 0 Å². The number of aromatic nitrogens is 3. The number of carbonyl (C=O) groups is 1. The molecule has 36 heavy (non-hydrogen) atoms. The molecule has 0 spiro atoms. The fraction of sp³-hybridized carbons (Fsp3) is 0.462. The molecule has 0 bridgehead atoms. The van der Waals surface area contributed by atoms with Crippen LogP contribution in [0.1, 0.15) is 53.0 Å². The number of piperidine rings is 1. The number of pyridine rings is 1. The molecule has 9 nitrogen and oxygen atoms in total. The van der Waals surface area contributed by atoms with E-state index in [0.29, 0.717) is 22.5 Å². The van der Waals surface area contributed by atoms with Crippen molar-refractivity contribution in [2.75, 3.05) is 37.0 Å². The molecule has 1 fully saturated rings. The van der Waals surface area contributed by atoms with Gasteiger partial charge in [-0.1, -0.05) is 13.8 Å². The van der Waals surface area contributed by atoms with Crippen molar-refractivity contribution in [1.29, 1.82) is 0 Å². The van der Waals surface area contributed by atoms with Crippen LogP contribution in [-0.2, 0) is 4.79 Å². The monoisotopic (exact) mass is 498 g/mol. The van der Waals surface area contributed by atoms with Crippen LogP contribution in [0, 0.1) is 5.82 Å². The summed E-state index contributed by atoms with van der Waals surface area (Å²) in [6, 6.07) is 6.83. The normalized spacial score (nSPS) is 13.2. The summed E-state index contributed by atoms with van der Waals surface area (Å²) in [5, 5.41) is 6.21. The molecule has 0 saturated carbocycles. The van der Waals surface area contributed by atoms with E-state index in [1.807, 2.05) is 27.7 Å².